The van der Waals surface area contributed by atoms with Gasteiger partial charge in [-0.05, 0) is 58.7 Å². The number of hydrogen-bond acceptors (Lipinski definition) is 6. The maximum Gasteiger partial charge on any atom is 0.255 e. The summed E-state index contributed by atoms with van der Waals surface area (Å²) in [5, 5.41) is 18.5. The summed E-state index contributed by atoms with van der Waals surface area (Å²) < 4.78 is 0. The molecule has 42 heavy (non-hydrogen) atoms. The molecule has 1 aliphatic rings. The average molecular weight is 589 g/mol. The average Bonchev–Trinajstić information content (AvgIpc) is 3.36. The van der Waals surface area contributed by atoms with E-state index in [0.29, 0.717) is 21.8 Å². The van der Waals surface area contributed by atoms with Crippen molar-refractivity contribution in [3.05, 3.63) is 124 Å². The van der Waals surface area contributed by atoms with Crippen molar-refractivity contribution in [1.29, 1.82) is 5.26 Å². The molecule has 8 heteroatoms. The SMILES string of the molecule is N#Cc1c(NC(=O)CSc2cccc(NC(=O)c3ccc4ccccc4c3)c2)sc2c1CCN(Cc1ccccc1)C2. The molecule has 0 spiro atoms. The number of thiophene rings is 1. The summed E-state index contributed by atoms with van der Waals surface area (Å²) in [6.45, 7) is 2.51. The number of amides is 2. The smallest absolute Gasteiger partial charge is 0.255 e. The van der Waals surface area contributed by atoms with Crippen LogP contribution < -0.4 is 10.6 Å². The van der Waals surface area contributed by atoms with Crippen LogP contribution in [0.3, 0.4) is 0 Å². The second-order valence-electron chi connectivity index (χ2n) is 10.1. The van der Waals surface area contributed by atoms with Gasteiger partial charge in [-0.1, -0.05) is 66.7 Å². The maximum atomic E-state index is 12.9. The first kappa shape index (κ1) is 27.7. The standard InChI is InChI=1S/C34H28N4O2S2/c35-19-30-29-15-16-38(20-23-7-2-1-3-8-23)21-31(29)42-34(30)37-32(39)22-41-28-12-6-11-27(18-28)36-33(40)26-14-13-24-9-4-5-10-25(24)17-26/h1-14,17-18H,15-16,20-22H2,(H,36,40)(H,37,39). The molecule has 1 aromatic heterocycles. The largest absolute Gasteiger partial charge is 0.322 e. The summed E-state index contributed by atoms with van der Waals surface area (Å²) in [6, 6.07) is 33.7. The Morgan fingerprint density at radius 2 is 1.71 bits per heavy atom. The van der Waals surface area contributed by atoms with E-state index in [0.717, 1.165) is 52.2 Å². The van der Waals surface area contributed by atoms with Crippen molar-refractivity contribution in [3.63, 3.8) is 0 Å². The first-order chi connectivity index (χ1) is 20.6. The Hall–Kier alpha value is -4.42. The highest BCUT2D eigenvalue weighted by Crippen LogP contribution is 2.37. The van der Waals surface area contributed by atoms with E-state index in [-0.39, 0.29) is 17.6 Å². The Morgan fingerprint density at radius 1 is 0.905 bits per heavy atom. The van der Waals surface area contributed by atoms with Gasteiger partial charge in [0.25, 0.3) is 5.91 Å². The molecular formula is C34H28N4O2S2. The van der Waals surface area contributed by atoms with Crippen LogP contribution in [0.5, 0.6) is 0 Å². The number of fused-ring (bicyclic) bond motifs is 2. The molecule has 5 aromatic rings. The van der Waals surface area contributed by atoms with Gasteiger partial charge < -0.3 is 10.6 Å². The zero-order chi connectivity index (χ0) is 28.9. The topological polar surface area (TPSA) is 85.2 Å². The molecule has 1 aliphatic heterocycles. The van der Waals surface area contributed by atoms with Gasteiger partial charge in [-0.2, -0.15) is 5.26 Å². The molecular weight excluding hydrogens is 561 g/mol. The number of benzene rings is 4. The van der Waals surface area contributed by atoms with Gasteiger partial charge in [0.1, 0.15) is 11.1 Å². The monoisotopic (exact) mass is 588 g/mol. The van der Waals surface area contributed by atoms with Crippen LogP contribution in [0.4, 0.5) is 10.7 Å². The number of nitrogens with zero attached hydrogens (tertiary/aromatic N) is 2. The highest BCUT2D eigenvalue weighted by atomic mass is 32.2. The van der Waals surface area contributed by atoms with Crippen molar-refractivity contribution in [3.8, 4) is 6.07 Å². The lowest BCUT2D eigenvalue weighted by molar-refractivity contribution is -0.113. The molecule has 208 valence electrons. The van der Waals surface area contributed by atoms with Gasteiger partial charge in [-0.15, -0.1) is 23.1 Å². The second kappa shape index (κ2) is 12.6. The zero-order valence-corrected chi connectivity index (χ0v) is 24.4. The van der Waals surface area contributed by atoms with Gasteiger partial charge >= 0.3 is 0 Å². The van der Waals surface area contributed by atoms with E-state index in [4.69, 9.17) is 0 Å². The van der Waals surface area contributed by atoms with Crippen LogP contribution >= 0.6 is 23.1 Å². The predicted octanol–water partition coefficient (Wildman–Crippen LogP) is 7.31. The van der Waals surface area contributed by atoms with Gasteiger partial charge in [-0.3, -0.25) is 14.5 Å². The molecule has 0 saturated carbocycles. The highest BCUT2D eigenvalue weighted by Gasteiger charge is 2.25. The van der Waals surface area contributed by atoms with E-state index in [9.17, 15) is 14.9 Å². The summed E-state index contributed by atoms with van der Waals surface area (Å²) in [5.41, 5.74) is 4.16. The number of thioether (sulfide) groups is 1. The molecule has 0 unspecified atom stereocenters. The van der Waals surface area contributed by atoms with Gasteiger partial charge in [-0.25, -0.2) is 0 Å². The van der Waals surface area contributed by atoms with Crippen molar-refractivity contribution in [1.82, 2.24) is 4.90 Å². The van der Waals surface area contributed by atoms with E-state index < -0.39 is 0 Å². The third-order valence-corrected chi connectivity index (χ3v) is 9.35. The maximum absolute atomic E-state index is 12.9. The fraction of sp³-hybridized carbons (Fsp3) is 0.147. The Labute approximate surface area is 253 Å². The first-order valence-corrected chi connectivity index (χ1v) is 15.5. The summed E-state index contributed by atoms with van der Waals surface area (Å²) in [5.74, 6) is -0.161. The van der Waals surface area contributed by atoms with E-state index >= 15 is 0 Å². The van der Waals surface area contributed by atoms with Crippen molar-refractivity contribution < 1.29 is 9.59 Å². The van der Waals surface area contributed by atoms with E-state index in [1.165, 1.54) is 28.7 Å². The molecule has 0 radical (unpaired) electrons. The fourth-order valence-electron chi connectivity index (χ4n) is 5.15. The van der Waals surface area contributed by atoms with E-state index in [1.807, 2.05) is 84.9 Å². The van der Waals surface area contributed by atoms with Gasteiger partial charge in [0, 0.05) is 40.7 Å². The third-order valence-electron chi connectivity index (χ3n) is 7.22. The number of nitriles is 1. The van der Waals surface area contributed by atoms with Crippen LogP contribution in [-0.4, -0.2) is 29.0 Å². The van der Waals surface area contributed by atoms with E-state index in [2.05, 4.69) is 33.7 Å². The molecule has 0 aliphatic carbocycles. The highest BCUT2D eigenvalue weighted by molar-refractivity contribution is 8.00. The van der Waals surface area contributed by atoms with E-state index in [1.54, 1.807) is 0 Å². The zero-order valence-electron chi connectivity index (χ0n) is 22.8. The van der Waals surface area contributed by atoms with Crippen molar-refractivity contribution >= 4 is 56.4 Å². The fourth-order valence-corrected chi connectivity index (χ4v) is 7.16. The number of rotatable bonds is 8. The van der Waals surface area contributed by atoms with Crippen LogP contribution in [0.15, 0.2) is 102 Å². The summed E-state index contributed by atoms with van der Waals surface area (Å²) >= 11 is 2.89. The Bertz CT molecular complexity index is 1810. The normalized spacial score (nSPS) is 12.8. The van der Waals surface area contributed by atoms with Gasteiger partial charge in [0.15, 0.2) is 0 Å². The number of nitrogens with one attached hydrogen (secondary N) is 2. The quantitative estimate of drug-likeness (QED) is 0.186. The van der Waals surface area contributed by atoms with Gasteiger partial charge in [0.2, 0.25) is 5.91 Å². The molecule has 0 saturated heterocycles. The molecule has 0 bridgehead atoms. The van der Waals surface area contributed by atoms with Crippen molar-refractivity contribution in [2.75, 3.05) is 22.9 Å². The summed E-state index contributed by atoms with van der Waals surface area (Å²) in [4.78, 5) is 30.2. The molecule has 6 rings (SSSR count). The third kappa shape index (κ3) is 6.39. The second-order valence-corrected chi connectivity index (χ2v) is 12.3. The first-order valence-electron chi connectivity index (χ1n) is 13.7. The summed E-state index contributed by atoms with van der Waals surface area (Å²) in [6.07, 6.45) is 0.796. The number of hydrogen-bond donors (Lipinski definition) is 2. The molecule has 0 atom stereocenters. The van der Waals surface area contributed by atoms with Crippen LogP contribution in [0, 0.1) is 11.3 Å². The molecule has 4 aromatic carbocycles. The predicted molar refractivity (Wildman–Crippen MR) is 171 cm³/mol. The van der Waals surface area contributed by atoms with Crippen molar-refractivity contribution in [2.24, 2.45) is 0 Å². The van der Waals surface area contributed by atoms with Crippen LogP contribution in [-0.2, 0) is 24.3 Å². The number of carbonyl (C=O) groups is 2. The van der Waals surface area contributed by atoms with Gasteiger partial charge in [0.05, 0.1) is 11.3 Å². The minimum atomic E-state index is -0.186. The Morgan fingerprint density at radius 3 is 2.55 bits per heavy atom. The lowest BCUT2D eigenvalue weighted by Gasteiger charge is -2.26. The lowest BCUT2D eigenvalue weighted by Crippen LogP contribution is -2.29. The minimum absolute atomic E-state index is 0.165. The molecule has 2 N–H and O–H groups in total. The minimum Gasteiger partial charge on any atom is -0.322 e. The number of carbonyl (C=O) groups excluding carboxylic acids is 2. The summed E-state index contributed by atoms with van der Waals surface area (Å²) in [7, 11) is 0. The molecule has 6 nitrogen and oxygen atoms in total. The van der Waals surface area contributed by atoms with Crippen molar-refractivity contribution in [2.45, 2.75) is 24.4 Å². The van der Waals surface area contributed by atoms with Crippen LogP contribution in [0.25, 0.3) is 10.8 Å². The molecule has 0 fully saturated rings. The lowest BCUT2D eigenvalue weighted by atomic mass is 10.0. The van der Waals surface area contributed by atoms with Crippen LogP contribution in [0.2, 0.25) is 0 Å². The Balaban J connectivity index is 1.06. The molecule has 2 heterocycles. The van der Waals surface area contributed by atoms with Crippen LogP contribution in [0.1, 0.15) is 31.9 Å². The Kier molecular flexibility index (Phi) is 8.33. The number of anilines is 2. The molecule has 2 amide bonds.